The Morgan fingerprint density at radius 2 is 2.00 bits per heavy atom. The Morgan fingerprint density at radius 1 is 1.26 bits per heavy atom. The van der Waals surface area contributed by atoms with Crippen LogP contribution in [0.1, 0.15) is 23.8 Å². The molecule has 1 fully saturated rings. The summed E-state index contributed by atoms with van der Waals surface area (Å²) in [7, 11) is 0. The molecule has 1 aliphatic heterocycles. The summed E-state index contributed by atoms with van der Waals surface area (Å²) in [6, 6.07) is 12.8. The van der Waals surface area contributed by atoms with E-state index in [4.69, 9.17) is 11.6 Å². The first kappa shape index (κ1) is 19.6. The van der Waals surface area contributed by atoms with Crippen molar-refractivity contribution < 1.29 is 9.59 Å². The van der Waals surface area contributed by atoms with Crippen LogP contribution in [0.4, 0.5) is 4.79 Å². The van der Waals surface area contributed by atoms with Gasteiger partial charge in [-0.05, 0) is 24.1 Å². The number of benzene rings is 1. The highest BCUT2D eigenvalue weighted by Gasteiger charge is 2.51. The number of halogens is 1. The molecule has 5 nitrogen and oxygen atoms in total. The summed E-state index contributed by atoms with van der Waals surface area (Å²) in [4.78, 5) is 30.2. The minimum atomic E-state index is -1.01. The number of imide groups is 1. The molecule has 1 aromatic carbocycles. The lowest BCUT2D eigenvalue weighted by Gasteiger charge is -2.28. The van der Waals surface area contributed by atoms with Crippen LogP contribution in [0.15, 0.2) is 55.1 Å². The molecule has 2 heterocycles. The second kappa shape index (κ2) is 8.25. The number of urea groups is 1. The highest BCUT2D eigenvalue weighted by molar-refractivity contribution is 7.16. The molecular formula is C20H22ClN3O2S. The normalized spacial score (nSPS) is 19.6. The molecule has 142 valence electrons. The number of carbonyl (C=O) groups is 2. The van der Waals surface area contributed by atoms with Gasteiger partial charge in [-0.3, -0.25) is 9.69 Å². The number of thiophene rings is 1. The van der Waals surface area contributed by atoms with E-state index in [0.717, 1.165) is 10.4 Å². The van der Waals surface area contributed by atoms with Gasteiger partial charge in [-0.15, -0.1) is 17.9 Å². The fourth-order valence-electron chi connectivity index (χ4n) is 3.33. The summed E-state index contributed by atoms with van der Waals surface area (Å²) < 4.78 is 0.715. The first-order valence-electron chi connectivity index (χ1n) is 8.77. The van der Waals surface area contributed by atoms with E-state index in [2.05, 4.69) is 11.9 Å². The third-order valence-electron chi connectivity index (χ3n) is 4.71. The molecule has 0 radical (unpaired) electrons. The predicted molar refractivity (Wildman–Crippen MR) is 109 cm³/mol. The van der Waals surface area contributed by atoms with Crippen molar-refractivity contribution in [2.45, 2.75) is 25.4 Å². The summed E-state index contributed by atoms with van der Waals surface area (Å²) in [5.74, 6) is -0.223. The molecule has 3 amide bonds. The number of amides is 3. The van der Waals surface area contributed by atoms with E-state index < -0.39 is 5.54 Å². The standard InChI is InChI=1S/C20H22ClN3O2S/c1-3-12-23(13-16-10-11-17(21)27-16)14-24-18(25)20(4-2,22-19(24)26)15-8-6-5-7-9-15/h3,5-11H,1,4,12-14H2,2H3,(H,22,26)/t20-/m0/s1. The van der Waals surface area contributed by atoms with Gasteiger partial charge in [0.25, 0.3) is 5.91 Å². The lowest BCUT2D eigenvalue weighted by Crippen LogP contribution is -2.45. The monoisotopic (exact) mass is 403 g/mol. The van der Waals surface area contributed by atoms with Crippen molar-refractivity contribution in [3.63, 3.8) is 0 Å². The van der Waals surface area contributed by atoms with Crippen molar-refractivity contribution in [2.24, 2.45) is 0 Å². The SMILES string of the molecule is C=CCN(Cc1ccc(Cl)s1)CN1C(=O)N[C@@](CC)(c2ccccc2)C1=O. The molecule has 1 N–H and O–H groups in total. The number of carbonyl (C=O) groups excluding carboxylic acids is 2. The van der Waals surface area contributed by atoms with Crippen molar-refractivity contribution in [3.05, 3.63) is 69.9 Å². The van der Waals surface area contributed by atoms with E-state index in [1.165, 1.54) is 16.2 Å². The zero-order chi connectivity index (χ0) is 19.4. The van der Waals surface area contributed by atoms with Crippen LogP contribution in [0.2, 0.25) is 4.34 Å². The quantitative estimate of drug-likeness (QED) is 0.530. The molecule has 7 heteroatoms. The molecule has 0 spiro atoms. The maximum absolute atomic E-state index is 13.2. The van der Waals surface area contributed by atoms with Crippen LogP contribution in [0.25, 0.3) is 0 Å². The van der Waals surface area contributed by atoms with Crippen molar-refractivity contribution >= 4 is 34.9 Å². The fourth-order valence-corrected chi connectivity index (χ4v) is 4.46. The summed E-state index contributed by atoms with van der Waals surface area (Å²) in [6.45, 7) is 7.03. The number of hydrogen-bond donors (Lipinski definition) is 1. The minimum Gasteiger partial charge on any atom is -0.319 e. The van der Waals surface area contributed by atoms with Gasteiger partial charge in [0.2, 0.25) is 0 Å². The first-order chi connectivity index (χ1) is 13.0. The lowest BCUT2D eigenvalue weighted by molar-refractivity contribution is -0.133. The number of hydrogen-bond acceptors (Lipinski definition) is 4. The van der Waals surface area contributed by atoms with Crippen LogP contribution in [0.3, 0.4) is 0 Å². The highest BCUT2D eigenvalue weighted by atomic mass is 35.5. The highest BCUT2D eigenvalue weighted by Crippen LogP contribution is 2.32. The second-order valence-electron chi connectivity index (χ2n) is 6.44. The van der Waals surface area contributed by atoms with Crippen molar-refractivity contribution in [1.82, 2.24) is 15.1 Å². The Hall–Kier alpha value is -2.15. The van der Waals surface area contributed by atoms with E-state index in [-0.39, 0.29) is 18.6 Å². The average molecular weight is 404 g/mol. The van der Waals surface area contributed by atoms with Crippen LogP contribution in [-0.2, 0) is 16.9 Å². The van der Waals surface area contributed by atoms with Gasteiger partial charge < -0.3 is 5.32 Å². The lowest BCUT2D eigenvalue weighted by atomic mass is 9.87. The molecule has 0 bridgehead atoms. The first-order valence-corrected chi connectivity index (χ1v) is 9.96. The van der Waals surface area contributed by atoms with Gasteiger partial charge in [-0.1, -0.05) is 54.9 Å². The van der Waals surface area contributed by atoms with Gasteiger partial charge in [0.1, 0.15) is 5.54 Å². The largest absolute Gasteiger partial charge is 0.326 e. The van der Waals surface area contributed by atoms with Crippen LogP contribution < -0.4 is 5.32 Å². The zero-order valence-electron chi connectivity index (χ0n) is 15.2. The van der Waals surface area contributed by atoms with Crippen LogP contribution in [0, 0.1) is 0 Å². The van der Waals surface area contributed by atoms with Crippen LogP contribution in [0.5, 0.6) is 0 Å². The van der Waals surface area contributed by atoms with Gasteiger partial charge in [0, 0.05) is 18.0 Å². The number of rotatable bonds is 8. The predicted octanol–water partition coefficient (Wildman–Crippen LogP) is 4.20. The molecule has 2 aromatic rings. The molecule has 3 rings (SSSR count). The van der Waals surface area contributed by atoms with E-state index in [9.17, 15) is 9.59 Å². The van der Waals surface area contributed by atoms with Gasteiger partial charge in [0.05, 0.1) is 11.0 Å². The van der Waals surface area contributed by atoms with Gasteiger partial charge >= 0.3 is 6.03 Å². The molecule has 0 unspecified atom stereocenters. The smallest absolute Gasteiger partial charge is 0.319 e. The van der Waals surface area contributed by atoms with Gasteiger partial charge in [-0.2, -0.15) is 0 Å². The van der Waals surface area contributed by atoms with Gasteiger partial charge in [-0.25, -0.2) is 9.69 Å². The van der Waals surface area contributed by atoms with E-state index >= 15 is 0 Å². The number of nitrogens with one attached hydrogen (secondary N) is 1. The van der Waals surface area contributed by atoms with E-state index in [0.29, 0.717) is 23.8 Å². The molecule has 1 saturated heterocycles. The van der Waals surface area contributed by atoms with E-state index in [1.807, 2.05) is 54.3 Å². The molecule has 0 aliphatic carbocycles. The summed E-state index contributed by atoms with van der Waals surface area (Å²) in [5.41, 5.74) is -0.210. The van der Waals surface area contributed by atoms with Crippen LogP contribution >= 0.6 is 22.9 Å². The molecule has 0 saturated carbocycles. The van der Waals surface area contributed by atoms with Gasteiger partial charge in [0.15, 0.2) is 0 Å². The zero-order valence-corrected chi connectivity index (χ0v) is 16.7. The summed E-state index contributed by atoms with van der Waals surface area (Å²) in [5, 5.41) is 2.92. The fraction of sp³-hybridized carbons (Fsp3) is 0.300. The van der Waals surface area contributed by atoms with E-state index in [1.54, 1.807) is 6.08 Å². The maximum atomic E-state index is 13.2. The average Bonchev–Trinajstić information content (AvgIpc) is 3.18. The van der Waals surface area contributed by atoms with Crippen LogP contribution in [-0.4, -0.2) is 35.0 Å². The Bertz CT molecular complexity index is 839. The van der Waals surface area contributed by atoms with Crippen molar-refractivity contribution in [1.29, 1.82) is 0 Å². The third kappa shape index (κ3) is 3.93. The Morgan fingerprint density at radius 3 is 2.59 bits per heavy atom. The second-order valence-corrected chi connectivity index (χ2v) is 8.24. The summed E-state index contributed by atoms with van der Waals surface area (Å²) >= 11 is 7.50. The molecule has 1 atom stereocenters. The maximum Gasteiger partial charge on any atom is 0.326 e. The third-order valence-corrected chi connectivity index (χ3v) is 5.93. The summed E-state index contributed by atoms with van der Waals surface area (Å²) in [6.07, 6.45) is 2.25. The molecular weight excluding hydrogens is 382 g/mol. The Kier molecular flexibility index (Phi) is 5.99. The molecule has 1 aromatic heterocycles. The molecule has 1 aliphatic rings. The number of nitrogens with zero attached hydrogens (tertiary/aromatic N) is 2. The topological polar surface area (TPSA) is 52.6 Å². The minimum absolute atomic E-state index is 0.195. The van der Waals surface area contributed by atoms with Crippen molar-refractivity contribution in [3.8, 4) is 0 Å². The molecule has 27 heavy (non-hydrogen) atoms. The Balaban J connectivity index is 1.81. The Labute approximate surface area is 168 Å². The van der Waals surface area contributed by atoms with Crippen molar-refractivity contribution in [2.75, 3.05) is 13.2 Å².